The van der Waals surface area contributed by atoms with Gasteiger partial charge in [-0.05, 0) is 37.9 Å². The van der Waals surface area contributed by atoms with Crippen LogP contribution in [0.3, 0.4) is 0 Å². The van der Waals surface area contributed by atoms with E-state index in [0.717, 1.165) is 6.42 Å². The van der Waals surface area contributed by atoms with Crippen molar-refractivity contribution in [1.82, 2.24) is 5.32 Å². The van der Waals surface area contributed by atoms with Gasteiger partial charge in [0.1, 0.15) is 0 Å². The van der Waals surface area contributed by atoms with Crippen molar-refractivity contribution < 1.29 is 0 Å². The molecule has 0 aliphatic carbocycles. The van der Waals surface area contributed by atoms with Gasteiger partial charge in [0.05, 0.1) is 0 Å². The summed E-state index contributed by atoms with van der Waals surface area (Å²) in [5.74, 6) is 0. The van der Waals surface area contributed by atoms with E-state index in [4.69, 9.17) is 0 Å². The summed E-state index contributed by atoms with van der Waals surface area (Å²) in [5.41, 5.74) is 1.41. The minimum Gasteiger partial charge on any atom is -0.317 e. The molecule has 0 bridgehead atoms. The van der Waals surface area contributed by atoms with Crippen LogP contribution in [0.2, 0.25) is 0 Å². The van der Waals surface area contributed by atoms with E-state index in [0.29, 0.717) is 0 Å². The zero-order chi connectivity index (χ0) is 10.8. The molecule has 1 saturated heterocycles. The maximum Gasteiger partial charge on any atom is -0.00489 e. The van der Waals surface area contributed by atoms with E-state index < -0.39 is 0 Å². The van der Waals surface area contributed by atoms with Crippen molar-refractivity contribution in [3.8, 4) is 0 Å². The van der Waals surface area contributed by atoms with Crippen molar-refractivity contribution in [3.63, 3.8) is 0 Å². The van der Waals surface area contributed by atoms with Gasteiger partial charge >= 0.3 is 0 Å². The second-order valence-electron chi connectivity index (χ2n) is 4.00. The molecule has 2 rings (SSSR count). The molecule has 1 N–H and O–H groups in total. The van der Waals surface area contributed by atoms with Crippen LogP contribution >= 0.6 is 0 Å². The van der Waals surface area contributed by atoms with Crippen molar-refractivity contribution in [2.45, 2.75) is 39.0 Å². The molecule has 1 aliphatic rings. The summed E-state index contributed by atoms with van der Waals surface area (Å²) in [6.45, 7) is 4.66. The molecular formula is C14H23N. The highest BCUT2D eigenvalue weighted by molar-refractivity contribution is 5.13. The normalized spacial score (nSPS) is 16.1. The monoisotopic (exact) mass is 205 g/mol. The fourth-order valence-corrected chi connectivity index (χ4v) is 1.69. The molecule has 0 radical (unpaired) electrons. The predicted octanol–water partition coefficient (Wildman–Crippen LogP) is 3.40. The SMILES string of the molecule is C1CCCNCC1.CCc1ccccc1. The third-order valence-electron chi connectivity index (χ3n) is 2.71. The van der Waals surface area contributed by atoms with Crippen LogP contribution in [-0.2, 0) is 6.42 Å². The van der Waals surface area contributed by atoms with E-state index in [1.165, 1.54) is 44.3 Å². The van der Waals surface area contributed by atoms with E-state index in [-0.39, 0.29) is 0 Å². The summed E-state index contributed by atoms with van der Waals surface area (Å²) in [7, 11) is 0. The standard InChI is InChI=1S/C8H10.C6H13N/c1-2-8-6-4-3-5-7-8;1-2-4-6-7-5-3-1/h3-7H,2H2,1H3;7H,1-6H2. The first-order valence-corrected chi connectivity index (χ1v) is 6.18. The molecule has 0 spiro atoms. The molecular weight excluding hydrogens is 182 g/mol. The second kappa shape index (κ2) is 8.49. The zero-order valence-corrected chi connectivity index (χ0v) is 9.84. The lowest BCUT2D eigenvalue weighted by Gasteiger charge is -1.91. The molecule has 1 aromatic rings. The minimum absolute atomic E-state index is 1.14. The molecule has 1 aromatic carbocycles. The molecule has 0 amide bonds. The van der Waals surface area contributed by atoms with Crippen LogP contribution < -0.4 is 5.32 Å². The van der Waals surface area contributed by atoms with Crippen LogP contribution in [0.15, 0.2) is 30.3 Å². The molecule has 0 unspecified atom stereocenters. The van der Waals surface area contributed by atoms with Crippen LogP contribution in [-0.4, -0.2) is 13.1 Å². The van der Waals surface area contributed by atoms with Gasteiger partial charge < -0.3 is 5.32 Å². The van der Waals surface area contributed by atoms with Gasteiger partial charge in [0.15, 0.2) is 0 Å². The van der Waals surface area contributed by atoms with Crippen LogP contribution in [0, 0.1) is 0 Å². The van der Waals surface area contributed by atoms with Gasteiger partial charge in [0.25, 0.3) is 0 Å². The van der Waals surface area contributed by atoms with Crippen LogP contribution in [0.25, 0.3) is 0 Å². The fraction of sp³-hybridized carbons (Fsp3) is 0.571. The number of hydrogen-bond donors (Lipinski definition) is 1. The predicted molar refractivity (Wildman–Crippen MR) is 67.2 cm³/mol. The number of rotatable bonds is 1. The molecule has 1 nitrogen and oxygen atoms in total. The maximum absolute atomic E-state index is 3.35. The van der Waals surface area contributed by atoms with Gasteiger partial charge in [-0.1, -0.05) is 50.1 Å². The number of hydrogen-bond acceptors (Lipinski definition) is 1. The average molecular weight is 205 g/mol. The van der Waals surface area contributed by atoms with Crippen molar-refractivity contribution in [2.75, 3.05) is 13.1 Å². The minimum atomic E-state index is 1.14. The molecule has 84 valence electrons. The Hall–Kier alpha value is -0.820. The first-order valence-electron chi connectivity index (χ1n) is 6.18. The van der Waals surface area contributed by atoms with Gasteiger partial charge in [0, 0.05) is 0 Å². The van der Waals surface area contributed by atoms with Crippen molar-refractivity contribution >= 4 is 0 Å². The lowest BCUT2D eigenvalue weighted by atomic mass is 10.2. The summed E-state index contributed by atoms with van der Waals surface area (Å²) in [4.78, 5) is 0. The van der Waals surface area contributed by atoms with E-state index in [9.17, 15) is 0 Å². The Kier molecular flexibility index (Phi) is 6.93. The molecule has 15 heavy (non-hydrogen) atoms. The number of aryl methyl sites for hydroxylation is 1. The highest BCUT2D eigenvalue weighted by atomic mass is 14.8. The summed E-state index contributed by atoms with van der Waals surface area (Å²) in [6, 6.07) is 10.5. The Morgan fingerprint density at radius 1 is 0.933 bits per heavy atom. The zero-order valence-electron chi connectivity index (χ0n) is 9.84. The van der Waals surface area contributed by atoms with Gasteiger partial charge in [0.2, 0.25) is 0 Å². The molecule has 0 saturated carbocycles. The van der Waals surface area contributed by atoms with E-state index in [2.05, 4.69) is 36.5 Å². The first-order chi connectivity index (χ1) is 7.43. The third kappa shape index (κ3) is 6.29. The Morgan fingerprint density at radius 2 is 1.53 bits per heavy atom. The van der Waals surface area contributed by atoms with Gasteiger partial charge in [-0.25, -0.2) is 0 Å². The van der Waals surface area contributed by atoms with E-state index in [1.807, 2.05) is 6.07 Å². The second-order valence-corrected chi connectivity index (χ2v) is 4.00. The molecule has 1 fully saturated rings. The summed E-state index contributed by atoms with van der Waals surface area (Å²) < 4.78 is 0. The van der Waals surface area contributed by atoms with E-state index in [1.54, 1.807) is 0 Å². The van der Waals surface area contributed by atoms with Crippen molar-refractivity contribution in [1.29, 1.82) is 0 Å². The summed E-state index contributed by atoms with van der Waals surface area (Å²) in [5, 5.41) is 3.35. The summed E-state index contributed by atoms with van der Waals surface area (Å²) in [6.07, 6.45) is 6.79. The third-order valence-corrected chi connectivity index (χ3v) is 2.71. The quantitative estimate of drug-likeness (QED) is 0.741. The highest BCUT2D eigenvalue weighted by Crippen LogP contribution is 2.00. The van der Waals surface area contributed by atoms with Gasteiger partial charge in [-0.2, -0.15) is 0 Å². The summed E-state index contributed by atoms with van der Waals surface area (Å²) >= 11 is 0. The fourth-order valence-electron chi connectivity index (χ4n) is 1.69. The van der Waals surface area contributed by atoms with Crippen molar-refractivity contribution in [3.05, 3.63) is 35.9 Å². The Labute approximate surface area is 93.9 Å². The van der Waals surface area contributed by atoms with Gasteiger partial charge in [-0.15, -0.1) is 0 Å². The Bertz CT molecular complexity index is 211. The molecule has 0 aromatic heterocycles. The lowest BCUT2D eigenvalue weighted by molar-refractivity contribution is 0.702. The molecule has 1 heteroatoms. The Morgan fingerprint density at radius 3 is 2.00 bits per heavy atom. The van der Waals surface area contributed by atoms with Gasteiger partial charge in [-0.3, -0.25) is 0 Å². The maximum atomic E-state index is 3.35. The van der Waals surface area contributed by atoms with Crippen molar-refractivity contribution in [2.24, 2.45) is 0 Å². The van der Waals surface area contributed by atoms with Crippen LogP contribution in [0.1, 0.15) is 38.2 Å². The average Bonchev–Trinajstić information content (AvgIpc) is 2.63. The number of benzene rings is 1. The Balaban J connectivity index is 0.000000151. The number of nitrogens with one attached hydrogen (secondary N) is 1. The molecule has 1 heterocycles. The van der Waals surface area contributed by atoms with Crippen LogP contribution in [0.4, 0.5) is 0 Å². The molecule has 0 atom stereocenters. The lowest BCUT2D eigenvalue weighted by Crippen LogP contribution is -2.12. The molecule has 1 aliphatic heterocycles. The highest BCUT2D eigenvalue weighted by Gasteiger charge is 1.94. The largest absolute Gasteiger partial charge is 0.317 e. The van der Waals surface area contributed by atoms with E-state index >= 15 is 0 Å². The van der Waals surface area contributed by atoms with Crippen LogP contribution in [0.5, 0.6) is 0 Å². The topological polar surface area (TPSA) is 12.0 Å². The first kappa shape index (κ1) is 12.3. The smallest absolute Gasteiger partial charge is 0.00489 e.